The molecule has 0 heterocycles. The highest BCUT2D eigenvalue weighted by atomic mass is 19.1. The van der Waals surface area contributed by atoms with Gasteiger partial charge in [-0.15, -0.1) is 0 Å². The third kappa shape index (κ3) is 5.74. The molecule has 0 aliphatic carbocycles. The lowest BCUT2D eigenvalue weighted by molar-refractivity contribution is 0.0749. The monoisotopic (exact) mass is 294 g/mol. The molecule has 0 spiro atoms. The van der Waals surface area contributed by atoms with Crippen molar-refractivity contribution in [1.82, 2.24) is 4.90 Å². The summed E-state index contributed by atoms with van der Waals surface area (Å²) >= 11 is 0. The standard InChI is InChI=1S/C17H27FN2O/c1-3-5-7-11-20(12-8-6-4-2)17(21)14-9-10-15(18)16(19)13-14/h9-10,13H,3-8,11-12,19H2,1-2H3. The Labute approximate surface area is 127 Å². The molecule has 0 aliphatic rings. The van der Waals surface area contributed by atoms with E-state index in [1.165, 1.54) is 18.2 Å². The van der Waals surface area contributed by atoms with Gasteiger partial charge < -0.3 is 10.6 Å². The number of nitrogens with two attached hydrogens (primary N) is 1. The molecule has 0 aromatic heterocycles. The van der Waals surface area contributed by atoms with Crippen LogP contribution in [0, 0.1) is 5.82 Å². The molecule has 0 radical (unpaired) electrons. The highest BCUT2D eigenvalue weighted by molar-refractivity contribution is 5.95. The second-order valence-electron chi connectivity index (χ2n) is 5.44. The number of nitrogens with zero attached hydrogens (tertiary/aromatic N) is 1. The van der Waals surface area contributed by atoms with Crippen molar-refractivity contribution in [2.75, 3.05) is 18.8 Å². The van der Waals surface area contributed by atoms with Crippen LogP contribution >= 0.6 is 0 Å². The lowest BCUT2D eigenvalue weighted by atomic mass is 10.1. The summed E-state index contributed by atoms with van der Waals surface area (Å²) in [6, 6.07) is 4.21. The van der Waals surface area contributed by atoms with Crippen LogP contribution in [-0.2, 0) is 0 Å². The Balaban J connectivity index is 2.73. The Bertz CT molecular complexity index is 438. The predicted molar refractivity (Wildman–Crippen MR) is 85.8 cm³/mol. The van der Waals surface area contributed by atoms with Crippen LogP contribution in [0.15, 0.2) is 18.2 Å². The van der Waals surface area contributed by atoms with Crippen molar-refractivity contribution in [2.24, 2.45) is 0 Å². The van der Waals surface area contributed by atoms with Gasteiger partial charge in [0.1, 0.15) is 5.82 Å². The van der Waals surface area contributed by atoms with Gasteiger partial charge in [0, 0.05) is 18.7 Å². The van der Waals surface area contributed by atoms with Gasteiger partial charge in [-0.3, -0.25) is 4.79 Å². The normalized spacial score (nSPS) is 10.6. The molecular formula is C17H27FN2O. The lowest BCUT2D eigenvalue weighted by Crippen LogP contribution is -2.33. The summed E-state index contributed by atoms with van der Waals surface area (Å²) in [5, 5.41) is 0. The van der Waals surface area contributed by atoms with E-state index >= 15 is 0 Å². The lowest BCUT2D eigenvalue weighted by Gasteiger charge is -2.23. The number of benzene rings is 1. The Morgan fingerprint density at radius 2 is 1.67 bits per heavy atom. The molecule has 0 saturated carbocycles. The highest BCUT2D eigenvalue weighted by Gasteiger charge is 2.16. The number of anilines is 1. The average Bonchev–Trinajstić information content (AvgIpc) is 2.48. The first-order valence-electron chi connectivity index (χ1n) is 7.94. The van der Waals surface area contributed by atoms with Crippen molar-refractivity contribution in [3.63, 3.8) is 0 Å². The van der Waals surface area contributed by atoms with Gasteiger partial charge in [-0.25, -0.2) is 4.39 Å². The minimum Gasteiger partial charge on any atom is -0.396 e. The van der Waals surface area contributed by atoms with E-state index in [9.17, 15) is 9.18 Å². The molecular weight excluding hydrogens is 267 g/mol. The summed E-state index contributed by atoms with van der Waals surface area (Å²) in [5.74, 6) is -0.524. The molecule has 1 aromatic rings. The van der Waals surface area contributed by atoms with E-state index in [1.807, 2.05) is 4.90 Å². The smallest absolute Gasteiger partial charge is 0.253 e. The first-order chi connectivity index (χ1) is 10.1. The summed E-state index contributed by atoms with van der Waals surface area (Å²) in [4.78, 5) is 14.4. The van der Waals surface area contributed by atoms with Crippen LogP contribution in [0.2, 0.25) is 0 Å². The fourth-order valence-electron chi connectivity index (χ4n) is 2.28. The van der Waals surface area contributed by atoms with Gasteiger partial charge in [-0.2, -0.15) is 0 Å². The van der Waals surface area contributed by atoms with E-state index in [0.29, 0.717) is 5.56 Å². The number of rotatable bonds is 9. The molecule has 4 heteroatoms. The molecule has 3 nitrogen and oxygen atoms in total. The minimum atomic E-state index is -0.477. The first-order valence-corrected chi connectivity index (χ1v) is 7.94. The zero-order valence-corrected chi connectivity index (χ0v) is 13.2. The molecule has 118 valence electrons. The van der Waals surface area contributed by atoms with Crippen LogP contribution in [0.25, 0.3) is 0 Å². The van der Waals surface area contributed by atoms with E-state index in [-0.39, 0.29) is 11.6 Å². The second kappa shape index (κ2) is 9.37. The third-order valence-corrected chi connectivity index (χ3v) is 3.59. The Morgan fingerprint density at radius 1 is 1.10 bits per heavy atom. The molecule has 0 aliphatic heterocycles. The van der Waals surface area contributed by atoms with Crippen molar-refractivity contribution in [3.8, 4) is 0 Å². The fraction of sp³-hybridized carbons (Fsp3) is 0.588. The van der Waals surface area contributed by atoms with Gasteiger partial charge in [0.15, 0.2) is 0 Å². The highest BCUT2D eigenvalue weighted by Crippen LogP contribution is 2.15. The van der Waals surface area contributed by atoms with Crippen molar-refractivity contribution in [3.05, 3.63) is 29.6 Å². The minimum absolute atomic E-state index is 0.0305. The number of amides is 1. The van der Waals surface area contributed by atoms with Crippen molar-refractivity contribution in [2.45, 2.75) is 52.4 Å². The van der Waals surface area contributed by atoms with E-state index in [0.717, 1.165) is 51.6 Å². The zero-order chi connectivity index (χ0) is 15.7. The van der Waals surface area contributed by atoms with Crippen LogP contribution in [0.5, 0.6) is 0 Å². The van der Waals surface area contributed by atoms with Gasteiger partial charge in [0.05, 0.1) is 5.69 Å². The predicted octanol–water partition coefficient (Wildman–Crippen LogP) is 4.23. The SMILES string of the molecule is CCCCCN(CCCCC)C(=O)c1ccc(F)c(N)c1. The van der Waals surface area contributed by atoms with Gasteiger partial charge in [-0.1, -0.05) is 39.5 Å². The van der Waals surface area contributed by atoms with E-state index in [2.05, 4.69) is 13.8 Å². The molecule has 1 amide bonds. The summed E-state index contributed by atoms with van der Waals surface area (Å²) in [5.41, 5.74) is 6.06. The number of hydrogen-bond acceptors (Lipinski definition) is 2. The van der Waals surface area contributed by atoms with E-state index < -0.39 is 5.82 Å². The molecule has 21 heavy (non-hydrogen) atoms. The van der Waals surface area contributed by atoms with Gasteiger partial charge >= 0.3 is 0 Å². The molecule has 0 saturated heterocycles. The van der Waals surface area contributed by atoms with Crippen molar-refractivity contribution in [1.29, 1.82) is 0 Å². The van der Waals surface area contributed by atoms with Crippen LogP contribution in [0.1, 0.15) is 62.7 Å². The Morgan fingerprint density at radius 3 is 2.14 bits per heavy atom. The van der Waals surface area contributed by atoms with Gasteiger partial charge in [0.2, 0.25) is 0 Å². The zero-order valence-electron chi connectivity index (χ0n) is 13.2. The number of unbranched alkanes of at least 4 members (excludes halogenated alkanes) is 4. The maximum absolute atomic E-state index is 13.2. The fourth-order valence-corrected chi connectivity index (χ4v) is 2.28. The van der Waals surface area contributed by atoms with Crippen LogP contribution in [0.3, 0.4) is 0 Å². The van der Waals surface area contributed by atoms with Gasteiger partial charge in [-0.05, 0) is 31.0 Å². The second-order valence-corrected chi connectivity index (χ2v) is 5.44. The summed E-state index contributed by atoms with van der Waals surface area (Å²) in [7, 11) is 0. The van der Waals surface area contributed by atoms with Crippen LogP contribution in [0.4, 0.5) is 10.1 Å². The van der Waals surface area contributed by atoms with Crippen molar-refractivity contribution < 1.29 is 9.18 Å². The first kappa shape index (κ1) is 17.5. The molecule has 2 N–H and O–H groups in total. The number of carbonyl (C=O) groups excluding carboxylic acids is 1. The number of halogens is 1. The summed E-state index contributed by atoms with van der Waals surface area (Å²) in [6.45, 7) is 5.80. The van der Waals surface area contributed by atoms with E-state index in [4.69, 9.17) is 5.73 Å². The maximum atomic E-state index is 13.2. The van der Waals surface area contributed by atoms with Crippen LogP contribution in [-0.4, -0.2) is 23.9 Å². The third-order valence-electron chi connectivity index (χ3n) is 3.59. The summed E-state index contributed by atoms with van der Waals surface area (Å²) < 4.78 is 13.2. The molecule has 0 fully saturated rings. The summed E-state index contributed by atoms with van der Waals surface area (Å²) in [6.07, 6.45) is 6.49. The van der Waals surface area contributed by atoms with E-state index in [1.54, 1.807) is 0 Å². The average molecular weight is 294 g/mol. The van der Waals surface area contributed by atoms with Gasteiger partial charge in [0.25, 0.3) is 5.91 Å². The molecule has 1 rings (SSSR count). The quantitative estimate of drug-likeness (QED) is 0.547. The topological polar surface area (TPSA) is 46.3 Å². The number of hydrogen-bond donors (Lipinski definition) is 1. The van der Waals surface area contributed by atoms with Crippen LogP contribution < -0.4 is 5.73 Å². The number of carbonyl (C=O) groups is 1. The molecule has 0 unspecified atom stereocenters. The van der Waals surface area contributed by atoms with Crippen molar-refractivity contribution >= 4 is 11.6 Å². The molecule has 0 bridgehead atoms. The number of nitrogen functional groups attached to an aromatic ring is 1. The Kier molecular flexibility index (Phi) is 7.80. The largest absolute Gasteiger partial charge is 0.396 e. The molecule has 1 aromatic carbocycles. The Hall–Kier alpha value is -1.58. The molecule has 0 atom stereocenters. The maximum Gasteiger partial charge on any atom is 0.253 e.